The van der Waals surface area contributed by atoms with Crippen LogP contribution in [-0.2, 0) is 7.05 Å². The molecule has 0 spiro atoms. The fraction of sp³-hybridized carbons (Fsp3) is 0.182. The number of aryl methyl sites for hydroxylation is 1. The Kier molecular flexibility index (Phi) is 3.72. The molecule has 0 aliphatic carbocycles. The van der Waals surface area contributed by atoms with E-state index in [9.17, 15) is 0 Å². The Balaban J connectivity index is 2.44. The molecule has 2 rings (SSSR count). The van der Waals surface area contributed by atoms with Crippen LogP contribution in [0.2, 0.25) is 0 Å². The molecule has 0 unspecified atom stereocenters. The first kappa shape index (κ1) is 13.1. The normalized spacial score (nSPS) is 10.6. The maximum Gasteiger partial charge on any atom is 0.195 e. The second-order valence-electron chi connectivity index (χ2n) is 3.72. The minimum absolute atomic E-state index is 0.0314. The highest BCUT2D eigenvalue weighted by atomic mass is 79.9. The number of benzene rings is 1. The second kappa shape index (κ2) is 5.11. The Morgan fingerprint density at radius 1 is 1.44 bits per heavy atom. The van der Waals surface area contributed by atoms with Gasteiger partial charge in [-0.3, -0.25) is 5.41 Å². The number of rotatable bonds is 3. The van der Waals surface area contributed by atoms with Crippen LogP contribution in [0.3, 0.4) is 0 Å². The Morgan fingerprint density at radius 3 is 2.72 bits per heavy atom. The van der Waals surface area contributed by atoms with Crippen molar-refractivity contribution in [1.29, 1.82) is 5.41 Å². The van der Waals surface area contributed by atoms with E-state index < -0.39 is 0 Å². The Bertz CT molecular complexity index is 607. The van der Waals surface area contributed by atoms with Gasteiger partial charge in [0.15, 0.2) is 5.16 Å². The predicted octanol–water partition coefficient (Wildman–Crippen LogP) is 2.32. The molecule has 0 aliphatic heterocycles. The Morgan fingerprint density at radius 2 is 2.17 bits per heavy atom. The molecule has 7 heteroatoms. The first-order valence-electron chi connectivity index (χ1n) is 5.17. The summed E-state index contributed by atoms with van der Waals surface area (Å²) in [6, 6.07) is 5.68. The molecule has 0 amide bonds. The highest BCUT2D eigenvalue weighted by Crippen LogP contribution is 2.32. The van der Waals surface area contributed by atoms with Crippen LogP contribution in [0.4, 0.5) is 0 Å². The van der Waals surface area contributed by atoms with Crippen LogP contribution in [0.5, 0.6) is 0 Å². The molecule has 2 aromatic rings. The van der Waals surface area contributed by atoms with Crippen LogP contribution in [0.1, 0.15) is 11.4 Å². The van der Waals surface area contributed by atoms with E-state index in [1.807, 2.05) is 36.7 Å². The smallest absolute Gasteiger partial charge is 0.195 e. The van der Waals surface area contributed by atoms with Crippen molar-refractivity contribution < 1.29 is 0 Å². The summed E-state index contributed by atoms with van der Waals surface area (Å²) in [5.41, 5.74) is 6.29. The standard InChI is InChI=1S/C11H12BrN5S/c1-6-15-16-11(17(6)2)18-8-5-3-4-7(12)9(8)10(13)14/h3-5H,1-2H3,(H3,13,14). The first-order valence-corrected chi connectivity index (χ1v) is 6.78. The Hall–Kier alpha value is -1.34. The molecular weight excluding hydrogens is 314 g/mol. The maximum absolute atomic E-state index is 7.63. The zero-order valence-corrected chi connectivity index (χ0v) is 12.3. The van der Waals surface area contributed by atoms with E-state index >= 15 is 0 Å². The van der Waals surface area contributed by atoms with Gasteiger partial charge in [0.25, 0.3) is 0 Å². The molecule has 0 atom stereocenters. The van der Waals surface area contributed by atoms with Gasteiger partial charge in [-0.2, -0.15) is 0 Å². The number of nitrogen functional groups attached to an aromatic ring is 1. The Labute approximate surface area is 117 Å². The summed E-state index contributed by atoms with van der Waals surface area (Å²) in [6.07, 6.45) is 0. The quantitative estimate of drug-likeness (QED) is 0.670. The monoisotopic (exact) mass is 325 g/mol. The predicted molar refractivity (Wildman–Crippen MR) is 75.0 cm³/mol. The number of hydrogen-bond acceptors (Lipinski definition) is 4. The van der Waals surface area contributed by atoms with Crippen molar-refractivity contribution >= 4 is 33.5 Å². The molecule has 0 bridgehead atoms. The molecule has 0 aliphatic rings. The molecule has 1 aromatic heterocycles. The summed E-state index contributed by atoms with van der Waals surface area (Å²) in [5.74, 6) is 0.876. The van der Waals surface area contributed by atoms with Gasteiger partial charge < -0.3 is 10.3 Å². The average molecular weight is 326 g/mol. The van der Waals surface area contributed by atoms with E-state index in [0.717, 1.165) is 20.3 Å². The van der Waals surface area contributed by atoms with E-state index in [1.54, 1.807) is 0 Å². The molecule has 94 valence electrons. The lowest BCUT2D eigenvalue weighted by Crippen LogP contribution is -2.13. The number of halogens is 1. The number of aromatic nitrogens is 3. The number of hydrogen-bond donors (Lipinski definition) is 2. The van der Waals surface area contributed by atoms with Crippen LogP contribution in [0.25, 0.3) is 0 Å². The van der Waals surface area contributed by atoms with E-state index in [-0.39, 0.29) is 5.84 Å². The number of nitrogens with two attached hydrogens (primary N) is 1. The summed E-state index contributed by atoms with van der Waals surface area (Å²) in [6.45, 7) is 1.89. The van der Waals surface area contributed by atoms with Gasteiger partial charge in [0.1, 0.15) is 11.7 Å². The second-order valence-corrected chi connectivity index (χ2v) is 5.58. The summed E-state index contributed by atoms with van der Waals surface area (Å²) in [5, 5.41) is 16.5. The largest absolute Gasteiger partial charge is 0.384 e. The third-order valence-electron chi connectivity index (χ3n) is 2.50. The van der Waals surface area contributed by atoms with Gasteiger partial charge in [-0.15, -0.1) is 10.2 Å². The summed E-state index contributed by atoms with van der Waals surface area (Å²) in [4.78, 5) is 0.882. The van der Waals surface area contributed by atoms with Crippen molar-refractivity contribution in [3.63, 3.8) is 0 Å². The summed E-state index contributed by atoms with van der Waals surface area (Å²) < 4.78 is 2.70. The SMILES string of the molecule is Cc1nnc(Sc2cccc(Br)c2C(=N)N)n1C. The average Bonchev–Trinajstić information content (AvgIpc) is 2.60. The zero-order valence-electron chi connectivity index (χ0n) is 9.94. The highest BCUT2D eigenvalue weighted by Gasteiger charge is 2.14. The third kappa shape index (κ3) is 2.41. The lowest BCUT2D eigenvalue weighted by molar-refractivity contribution is 0.765. The molecule has 3 N–H and O–H groups in total. The van der Waals surface area contributed by atoms with E-state index in [4.69, 9.17) is 11.1 Å². The molecule has 1 aromatic carbocycles. The van der Waals surface area contributed by atoms with Crippen LogP contribution >= 0.6 is 27.7 Å². The van der Waals surface area contributed by atoms with Crippen molar-refractivity contribution in [2.24, 2.45) is 12.8 Å². The van der Waals surface area contributed by atoms with Crippen molar-refractivity contribution in [1.82, 2.24) is 14.8 Å². The fourth-order valence-corrected chi connectivity index (χ4v) is 3.15. The molecule has 5 nitrogen and oxygen atoms in total. The van der Waals surface area contributed by atoms with Gasteiger partial charge in [-0.05, 0) is 46.7 Å². The van der Waals surface area contributed by atoms with E-state index in [2.05, 4.69) is 26.1 Å². The molecule has 18 heavy (non-hydrogen) atoms. The van der Waals surface area contributed by atoms with Gasteiger partial charge >= 0.3 is 0 Å². The first-order chi connectivity index (χ1) is 8.50. The molecular formula is C11H12BrN5S. The van der Waals surface area contributed by atoms with Crippen LogP contribution in [0.15, 0.2) is 32.7 Å². The molecule has 0 radical (unpaired) electrons. The van der Waals surface area contributed by atoms with Crippen molar-refractivity contribution in [2.45, 2.75) is 17.0 Å². The number of nitrogens with zero attached hydrogens (tertiary/aromatic N) is 3. The molecule has 0 fully saturated rings. The maximum atomic E-state index is 7.63. The minimum atomic E-state index is 0.0314. The lowest BCUT2D eigenvalue weighted by Gasteiger charge is -2.09. The minimum Gasteiger partial charge on any atom is -0.384 e. The van der Waals surface area contributed by atoms with E-state index in [1.165, 1.54) is 11.8 Å². The van der Waals surface area contributed by atoms with E-state index in [0.29, 0.717) is 5.56 Å². The van der Waals surface area contributed by atoms with Crippen molar-refractivity contribution in [2.75, 3.05) is 0 Å². The molecule has 0 saturated heterocycles. The van der Waals surface area contributed by atoms with Gasteiger partial charge in [-0.25, -0.2) is 0 Å². The van der Waals surface area contributed by atoms with Crippen molar-refractivity contribution in [3.05, 3.63) is 34.1 Å². The number of nitrogens with one attached hydrogen (secondary N) is 1. The third-order valence-corrected chi connectivity index (χ3v) is 4.26. The fourth-order valence-electron chi connectivity index (χ4n) is 1.43. The van der Waals surface area contributed by atoms with Gasteiger partial charge in [0, 0.05) is 22.0 Å². The highest BCUT2D eigenvalue weighted by molar-refractivity contribution is 9.10. The lowest BCUT2D eigenvalue weighted by atomic mass is 10.2. The van der Waals surface area contributed by atoms with Crippen LogP contribution in [-0.4, -0.2) is 20.6 Å². The molecule has 1 heterocycles. The molecule has 0 saturated carbocycles. The summed E-state index contributed by atoms with van der Waals surface area (Å²) in [7, 11) is 1.91. The topological polar surface area (TPSA) is 80.6 Å². The van der Waals surface area contributed by atoms with Crippen molar-refractivity contribution in [3.8, 4) is 0 Å². The van der Waals surface area contributed by atoms with Gasteiger partial charge in [0.05, 0.1) is 0 Å². The van der Waals surface area contributed by atoms with Crippen LogP contribution < -0.4 is 5.73 Å². The van der Waals surface area contributed by atoms with Gasteiger partial charge in [0.2, 0.25) is 0 Å². The zero-order chi connectivity index (χ0) is 13.3. The van der Waals surface area contributed by atoms with Gasteiger partial charge in [-0.1, -0.05) is 6.07 Å². The summed E-state index contributed by atoms with van der Waals surface area (Å²) >= 11 is 4.85. The number of amidine groups is 1. The van der Waals surface area contributed by atoms with Crippen LogP contribution in [0, 0.1) is 12.3 Å².